The van der Waals surface area contributed by atoms with E-state index in [0.717, 1.165) is 39.0 Å². The van der Waals surface area contributed by atoms with Crippen molar-refractivity contribution in [2.24, 2.45) is 0 Å². The number of rotatable bonds is 4. The molecule has 9 aromatic carbocycles. The molecular formula is C50H34O. The lowest BCUT2D eigenvalue weighted by atomic mass is 9.83. The number of fused-ring (bicyclic) bond motifs is 6. The standard InChI is InChI=1S/C50H34O/c1-31-19-23-33(24-20-31)48-44-28-27-36(30-46(44)51-50(48)34-25-21-32(2)22-26-34)47-40-15-7-9-17-42(40)49(43-18-10-8-16-41(43)47)45-29-35-11-3-4-12-37(35)38-13-5-6-14-39(38)45/h3-30H,1-2H3. The summed E-state index contributed by atoms with van der Waals surface area (Å²) >= 11 is 0. The van der Waals surface area contributed by atoms with Gasteiger partial charge < -0.3 is 4.42 Å². The van der Waals surface area contributed by atoms with Crippen molar-refractivity contribution in [1.29, 1.82) is 0 Å². The molecular weight excluding hydrogens is 617 g/mol. The summed E-state index contributed by atoms with van der Waals surface area (Å²) in [5.74, 6) is 0.902. The van der Waals surface area contributed by atoms with Crippen LogP contribution < -0.4 is 0 Å². The fraction of sp³-hybridized carbons (Fsp3) is 0.0400. The minimum atomic E-state index is 0.886. The number of aryl methyl sites for hydroxylation is 2. The minimum Gasteiger partial charge on any atom is -0.455 e. The van der Waals surface area contributed by atoms with E-state index in [1.165, 1.54) is 70.9 Å². The van der Waals surface area contributed by atoms with E-state index in [9.17, 15) is 0 Å². The zero-order chi connectivity index (χ0) is 34.1. The van der Waals surface area contributed by atoms with Crippen LogP contribution >= 0.6 is 0 Å². The number of hydrogen-bond acceptors (Lipinski definition) is 1. The van der Waals surface area contributed by atoms with Crippen molar-refractivity contribution in [1.82, 2.24) is 0 Å². The second-order valence-electron chi connectivity index (χ2n) is 13.8. The maximum absolute atomic E-state index is 6.88. The molecule has 0 aliphatic heterocycles. The first-order chi connectivity index (χ1) is 25.1. The molecule has 240 valence electrons. The molecule has 0 saturated heterocycles. The van der Waals surface area contributed by atoms with Crippen molar-refractivity contribution in [3.63, 3.8) is 0 Å². The van der Waals surface area contributed by atoms with Crippen LogP contribution in [0.2, 0.25) is 0 Å². The first kappa shape index (κ1) is 29.5. The molecule has 0 atom stereocenters. The highest BCUT2D eigenvalue weighted by molar-refractivity contribution is 6.26. The van der Waals surface area contributed by atoms with Crippen LogP contribution in [-0.2, 0) is 0 Å². The van der Waals surface area contributed by atoms with E-state index in [4.69, 9.17) is 4.42 Å². The van der Waals surface area contributed by atoms with Gasteiger partial charge >= 0.3 is 0 Å². The second-order valence-corrected chi connectivity index (χ2v) is 13.8. The van der Waals surface area contributed by atoms with Crippen LogP contribution in [0.4, 0.5) is 0 Å². The first-order valence-corrected chi connectivity index (χ1v) is 17.7. The van der Waals surface area contributed by atoms with Gasteiger partial charge in [0, 0.05) is 16.5 Å². The lowest BCUT2D eigenvalue weighted by Crippen LogP contribution is -1.92. The van der Waals surface area contributed by atoms with Gasteiger partial charge in [-0.25, -0.2) is 0 Å². The Kier molecular flexibility index (Phi) is 6.69. The van der Waals surface area contributed by atoms with Crippen molar-refractivity contribution < 1.29 is 4.42 Å². The van der Waals surface area contributed by atoms with Crippen molar-refractivity contribution in [2.45, 2.75) is 13.8 Å². The molecule has 1 aromatic heterocycles. The molecule has 0 unspecified atom stereocenters. The zero-order valence-electron chi connectivity index (χ0n) is 28.6. The Hall–Kier alpha value is -6.44. The molecule has 0 amide bonds. The third-order valence-corrected chi connectivity index (χ3v) is 10.6. The molecule has 0 saturated carbocycles. The SMILES string of the molecule is Cc1ccc(-c2oc3cc(-c4c5ccccc5c(-c5cc6ccccc6c6ccccc56)c5ccccc45)ccc3c2-c2ccc(C)cc2)cc1. The quantitative estimate of drug-likeness (QED) is 0.136. The second kappa shape index (κ2) is 11.6. The summed E-state index contributed by atoms with van der Waals surface area (Å²) in [6.45, 7) is 4.25. The van der Waals surface area contributed by atoms with Crippen LogP contribution in [0.3, 0.4) is 0 Å². The lowest BCUT2D eigenvalue weighted by Gasteiger charge is -2.19. The summed E-state index contributed by atoms with van der Waals surface area (Å²) in [4.78, 5) is 0. The molecule has 0 aliphatic rings. The van der Waals surface area contributed by atoms with Gasteiger partial charge in [0.1, 0.15) is 11.3 Å². The number of furan rings is 1. The number of benzene rings is 9. The van der Waals surface area contributed by atoms with Crippen molar-refractivity contribution >= 4 is 54.1 Å². The monoisotopic (exact) mass is 650 g/mol. The van der Waals surface area contributed by atoms with Crippen LogP contribution in [0.25, 0.3) is 98.8 Å². The molecule has 0 bridgehead atoms. The predicted octanol–water partition coefficient (Wildman–Crippen LogP) is 14.3. The van der Waals surface area contributed by atoms with Gasteiger partial charge in [-0.3, -0.25) is 0 Å². The van der Waals surface area contributed by atoms with E-state index >= 15 is 0 Å². The van der Waals surface area contributed by atoms with E-state index in [0.29, 0.717) is 0 Å². The normalized spacial score (nSPS) is 11.7. The zero-order valence-corrected chi connectivity index (χ0v) is 28.6. The van der Waals surface area contributed by atoms with Gasteiger partial charge in [-0.1, -0.05) is 163 Å². The Balaban J connectivity index is 1.26. The summed E-state index contributed by atoms with van der Waals surface area (Å²) < 4.78 is 6.88. The summed E-state index contributed by atoms with van der Waals surface area (Å²) in [6.07, 6.45) is 0. The summed E-state index contributed by atoms with van der Waals surface area (Å²) in [5, 5.41) is 11.1. The highest BCUT2D eigenvalue weighted by atomic mass is 16.3. The van der Waals surface area contributed by atoms with E-state index in [-0.39, 0.29) is 0 Å². The predicted molar refractivity (Wildman–Crippen MR) is 217 cm³/mol. The Morgan fingerprint density at radius 2 is 0.824 bits per heavy atom. The highest BCUT2D eigenvalue weighted by Gasteiger charge is 2.22. The highest BCUT2D eigenvalue weighted by Crippen LogP contribution is 2.48. The topological polar surface area (TPSA) is 13.1 Å². The Labute approximate surface area is 297 Å². The largest absolute Gasteiger partial charge is 0.455 e. The fourth-order valence-electron chi connectivity index (χ4n) is 8.16. The van der Waals surface area contributed by atoms with E-state index in [1.807, 2.05) is 0 Å². The Morgan fingerprint density at radius 3 is 1.45 bits per heavy atom. The Morgan fingerprint density at radius 1 is 0.333 bits per heavy atom. The third kappa shape index (κ3) is 4.70. The van der Waals surface area contributed by atoms with E-state index in [1.54, 1.807) is 0 Å². The first-order valence-electron chi connectivity index (χ1n) is 17.7. The van der Waals surface area contributed by atoms with E-state index in [2.05, 4.69) is 184 Å². The van der Waals surface area contributed by atoms with Crippen LogP contribution in [0, 0.1) is 13.8 Å². The van der Waals surface area contributed by atoms with Gasteiger partial charge in [0.05, 0.1) is 0 Å². The van der Waals surface area contributed by atoms with Gasteiger partial charge in [-0.05, 0) is 103 Å². The molecule has 10 aromatic rings. The third-order valence-electron chi connectivity index (χ3n) is 10.6. The fourth-order valence-corrected chi connectivity index (χ4v) is 8.16. The summed E-state index contributed by atoms with van der Waals surface area (Å²) in [5.41, 5.74) is 11.6. The van der Waals surface area contributed by atoms with Crippen LogP contribution in [-0.4, -0.2) is 0 Å². The lowest BCUT2D eigenvalue weighted by molar-refractivity contribution is 0.632. The average molecular weight is 651 g/mol. The molecule has 10 rings (SSSR count). The molecule has 51 heavy (non-hydrogen) atoms. The van der Waals surface area contributed by atoms with Crippen LogP contribution in [0.1, 0.15) is 11.1 Å². The molecule has 0 radical (unpaired) electrons. The van der Waals surface area contributed by atoms with Crippen molar-refractivity contribution in [3.8, 4) is 44.7 Å². The minimum absolute atomic E-state index is 0.886. The molecule has 0 aliphatic carbocycles. The van der Waals surface area contributed by atoms with Crippen LogP contribution in [0.15, 0.2) is 174 Å². The summed E-state index contributed by atoms with van der Waals surface area (Å²) in [7, 11) is 0. The van der Waals surface area contributed by atoms with Crippen molar-refractivity contribution in [2.75, 3.05) is 0 Å². The molecule has 0 fully saturated rings. The van der Waals surface area contributed by atoms with Gasteiger partial charge in [0.25, 0.3) is 0 Å². The average Bonchev–Trinajstić information content (AvgIpc) is 3.56. The van der Waals surface area contributed by atoms with Gasteiger partial charge in [-0.15, -0.1) is 0 Å². The Bertz CT molecular complexity index is 2900. The number of hydrogen-bond donors (Lipinski definition) is 0. The van der Waals surface area contributed by atoms with Crippen molar-refractivity contribution in [3.05, 3.63) is 181 Å². The van der Waals surface area contributed by atoms with Crippen LogP contribution in [0.5, 0.6) is 0 Å². The maximum atomic E-state index is 6.88. The smallest absolute Gasteiger partial charge is 0.143 e. The molecule has 1 heteroatoms. The van der Waals surface area contributed by atoms with Gasteiger partial charge in [0.15, 0.2) is 0 Å². The molecule has 1 nitrogen and oxygen atoms in total. The molecule has 0 spiro atoms. The van der Waals surface area contributed by atoms with E-state index < -0.39 is 0 Å². The molecule has 1 heterocycles. The van der Waals surface area contributed by atoms with Gasteiger partial charge in [-0.2, -0.15) is 0 Å². The maximum Gasteiger partial charge on any atom is 0.143 e. The van der Waals surface area contributed by atoms with Gasteiger partial charge in [0.2, 0.25) is 0 Å². The molecule has 0 N–H and O–H groups in total. The summed E-state index contributed by atoms with van der Waals surface area (Å²) in [6, 6.07) is 62.0.